The summed E-state index contributed by atoms with van der Waals surface area (Å²) in [6.45, 7) is 0.527. The number of rotatable bonds is 2. The fraction of sp³-hybridized carbons (Fsp3) is 0.857. The molecule has 0 aliphatic heterocycles. The quantitative estimate of drug-likeness (QED) is 0.604. The third-order valence-corrected chi connectivity index (χ3v) is 2.12. The lowest BCUT2D eigenvalue weighted by atomic mass is 9.78. The van der Waals surface area contributed by atoms with E-state index in [1.807, 2.05) is 0 Å². The molecule has 0 aromatic carbocycles. The molecule has 1 fully saturated rings. The van der Waals surface area contributed by atoms with Gasteiger partial charge in [-0.2, -0.15) is 0 Å². The monoisotopic (exact) mass is 158 g/mol. The number of amides is 1. The van der Waals surface area contributed by atoms with Crippen molar-refractivity contribution in [3.8, 4) is 0 Å². The van der Waals surface area contributed by atoms with E-state index >= 15 is 0 Å². The number of methoxy groups -OCH3 is 1. The van der Waals surface area contributed by atoms with Gasteiger partial charge in [0.15, 0.2) is 0 Å². The molecule has 3 N–H and O–H groups in total. The zero-order valence-corrected chi connectivity index (χ0v) is 6.72. The zero-order valence-electron chi connectivity index (χ0n) is 6.72. The minimum absolute atomic E-state index is 0.159. The molecule has 0 radical (unpaired) electrons. The zero-order chi connectivity index (χ0) is 8.32. The summed E-state index contributed by atoms with van der Waals surface area (Å²) in [6.07, 6.45) is 2.76. The maximum atomic E-state index is 10.6. The molecule has 4 heteroatoms. The molecule has 0 atom stereocenters. The Labute approximate surface area is 66.1 Å². The van der Waals surface area contributed by atoms with Crippen molar-refractivity contribution in [3.05, 3.63) is 0 Å². The van der Waals surface area contributed by atoms with Crippen LogP contribution in [0.2, 0.25) is 0 Å². The van der Waals surface area contributed by atoms with Crippen LogP contribution in [0.15, 0.2) is 0 Å². The molecule has 0 spiro atoms. The Morgan fingerprint density at radius 1 is 1.73 bits per heavy atom. The third-order valence-electron chi connectivity index (χ3n) is 2.12. The highest BCUT2D eigenvalue weighted by Crippen LogP contribution is 2.27. The molecular formula is C7H14N2O2. The van der Waals surface area contributed by atoms with Crippen LogP contribution in [-0.4, -0.2) is 25.3 Å². The van der Waals surface area contributed by atoms with Crippen molar-refractivity contribution in [2.24, 2.45) is 5.73 Å². The number of hydrogen-bond acceptors (Lipinski definition) is 3. The van der Waals surface area contributed by atoms with Crippen molar-refractivity contribution < 1.29 is 9.53 Å². The van der Waals surface area contributed by atoms with Crippen molar-refractivity contribution in [3.63, 3.8) is 0 Å². The van der Waals surface area contributed by atoms with Crippen LogP contribution in [-0.2, 0) is 4.74 Å². The van der Waals surface area contributed by atoms with Gasteiger partial charge < -0.3 is 15.8 Å². The topological polar surface area (TPSA) is 64.3 Å². The molecule has 1 amide bonds. The molecule has 64 valence electrons. The Morgan fingerprint density at radius 2 is 2.36 bits per heavy atom. The lowest BCUT2D eigenvalue weighted by Gasteiger charge is -2.37. The van der Waals surface area contributed by atoms with Crippen LogP contribution in [0, 0.1) is 0 Å². The van der Waals surface area contributed by atoms with Crippen molar-refractivity contribution >= 4 is 6.09 Å². The SMILES string of the molecule is COC(=O)NCC1(N)CCC1. The highest BCUT2D eigenvalue weighted by Gasteiger charge is 2.32. The molecule has 11 heavy (non-hydrogen) atoms. The van der Waals surface area contributed by atoms with Gasteiger partial charge in [0.2, 0.25) is 0 Å². The van der Waals surface area contributed by atoms with E-state index in [1.165, 1.54) is 13.5 Å². The highest BCUT2D eigenvalue weighted by molar-refractivity contribution is 5.67. The summed E-state index contributed by atoms with van der Waals surface area (Å²) in [5.74, 6) is 0. The Kier molecular flexibility index (Phi) is 2.34. The van der Waals surface area contributed by atoms with Gasteiger partial charge in [-0.1, -0.05) is 0 Å². The van der Waals surface area contributed by atoms with Gasteiger partial charge in [-0.15, -0.1) is 0 Å². The minimum Gasteiger partial charge on any atom is -0.453 e. The summed E-state index contributed by atoms with van der Waals surface area (Å²) in [4.78, 5) is 10.6. The van der Waals surface area contributed by atoms with E-state index in [0.717, 1.165) is 12.8 Å². The van der Waals surface area contributed by atoms with Gasteiger partial charge in [-0.25, -0.2) is 4.79 Å². The van der Waals surface area contributed by atoms with Gasteiger partial charge >= 0.3 is 6.09 Å². The second kappa shape index (κ2) is 3.09. The van der Waals surface area contributed by atoms with Crippen molar-refractivity contribution in [2.45, 2.75) is 24.8 Å². The summed E-state index contributed by atoms with van der Waals surface area (Å²) in [5, 5.41) is 2.59. The van der Waals surface area contributed by atoms with Crippen molar-refractivity contribution in [1.29, 1.82) is 0 Å². The first-order valence-electron chi connectivity index (χ1n) is 3.77. The number of nitrogens with two attached hydrogens (primary N) is 1. The van der Waals surface area contributed by atoms with Crippen LogP contribution >= 0.6 is 0 Å². The second-order valence-electron chi connectivity index (χ2n) is 3.06. The summed E-state index contributed by atoms with van der Waals surface area (Å²) in [5.41, 5.74) is 5.68. The lowest BCUT2D eigenvalue weighted by Crippen LogP contribution is -2.54. The van der Waals surface area contributed by atoms with E-state index in [2.05, 4.69) is 10.1 Å². The molecule has 0 saturated heterocycles. The van der Waals surface area contributed by atoms with E-state index in [9.17, 15) is 4.79 Å². The Morgan fingerprint density at radius 3 is 2.73 bits per heavy atom. The molecule has 0 aromatic heterocycles. The Hall–Kier alpha value is -0.770. The first-order valence-corrected chi connectivity index (χ1v) is 3.77. The first-order chi connectivity index (χ1) is 5.16. The molecular weight excluding hydrogens is 144 g/mol. The number of hydrogen-bond donors (Lipinski definition) is 2. The van der Waals surface area contributed by atoms with E-state index in [1.54, 1.807) is 0 Å². The highest BCUT2D eigenvalue weighted by atomic mass is 16.5. The fourth-order valence-electron chi connectivity index (χ4n) is 1.13. The molecule has 1 aliphatic carbocycles. The van der Waals surface area contributed by atoms with Gasteiger partial charge in [0.1, 0.15) is 0 Å². The number of ether oxygens (including phenoxy) is 1. The molecule has 0 aromatic rings. The van der Waals surface area contributed by atoms with Crippen LogP contribution in [0.25, 0.3) is 0 Å². The largest absolute Gasteiger partial charge is 0.453 e. The first kappa shape index (κ1) is 8.33. The van der Waals surface area contributed by atoms with Crippen LogP contribution in [0.4, 0.5) is 4.79 Å². The number of alkyl carbamates (subject to hydrolysis) is 1. The van der Waals surface area contributed by atoms with Crippen LogP contribution in [0.5, 0.6) is 0 Å². The van der Waals surface area contributed by atoms with E-state index in [0.29, 0.717) is 6.54 Å². The third kappa shape index (κ3) is 2.08. The van der Waals surface area contributed by atoms with Crippen molar-refractivity contribution in [2.75, 3.05) is 13.7 Å². The molecule has 0 bridgehead atoms. The number of carbonyl (C=O) groups is 1. The van der Waals surface area contributed by atoms with Gasteiger partial charge in [-0.3, -0.25) is 0 Å². The number of nitrogens with one attached hydrogen (secondary N) is 1. The van der Waals surface area contributed by atoms with Gasteiger partial charge in [0.25, 0.3) is 0 Å². The fourth-order valence-corrected chi connectivity index (χ4v) is 1.13. The van der Waals surface area contributed by atoms with Gasteiger partial charge in [0.05, 0.1) is 7.11 Å². The van der Waals surface area contributed by atoms with E-state index in [-0.39, 0.29) is 5.54 Å². The van der Waals surface area contributed by atoms with Gasteiger partial charge in [-0.05, 0) is 19.3 Å². The standard InChI is InChI=1S/C7H14N2O2/c1-11-6(10)9-5-7(8)3-2-4-7/h2-5,8H2,1H3,(H,9,10). The summed E-state index contributed by atoms with van der Waals surface area (Å²) in [7, 11) is 1.35. The maximum Gasteiger partial charge on any atom is 0.406 e. The molecule has 1 saturated carbocycles. The van der Waals surface area contributed by atoms with E-state index < -0.39 is 6.09 Å². The summed E-state index contributed by atoms with van der Waals surface area (Å²) < 4.78 is 4.41. The minimum atomic E-state index is -0.401. The lowest BCUT2D eigenvalue weighted by molar-refractivity contribution is 0.160. The average Bonchev–Trinajstić information content (AvgIpc) is 1.96. The normalized spacial score (nSPS) is 20.2. The Balaban J connectivity index is 2.16. The van der Waals surface area contributed by atoms with Crippen LogP contribution in [0.3, 0.4) is 0 Å². The molecule has 0 unspecified atom stereocenters. The van der Waals surface area contributed by atoms with E-state index in [4.69, 9.17) is 5.73 Å². The van der Waals surface area contributed by atoms with Crippen LogP contribution in [0.1, 0.15) is 19.3 Å². The predicted molar refractivity (Wildman–Crippen MR) is 41.2 cm³/mol. The van der Waals surface area contributed by atoms with Gasteiger partial charge in [0, 0.05) is 12.1 Å². The predicted octanol–water partition coefficient (Wildman–Crippen LogP) is 0.224. The summed E-state index contributed by atoms with van der Waals surface area (Å²) in [6, 6.07) is 0. The Bertz CT molecular complexity index is 155. The molecule has 1 rings (SSSR count). The van der Waals surface area contributed by atoms with Crippen LogP contribution < -0.4 is 11.1 Å². The molecule has 0 heterocycles. The summed E-state index contributed by atoms with van der Waals surface area (Å²) >= 11 is 0. The van der Waals surface area contributed by atoms with Crippen molar-refractivity contribution in [1.82, 2.24) is 5.32 Å². The number of carbonyl (C=O) groups excluding carboxylic acids is 1. The molecule has 1 aliphatic rings. The molecule has 4 nitrogen and oxygen atoms in total. The maximum absolute atomic E-state index is 10.6. The second-order valence-corrected chi connectivity index (χ2v) is 3.06. The average molecular weight is 158 g/mol. The smallest absolute Gasteiger partial charge is 0.406 e.